The molecule has 0 fully saturated rings. The van der Waals surface area contributed by atoms with E-state index in [2.05, 4.69) is 41.3 Å². The SMILES string of the molecule is Cc1ccccc1CCn1c(N)nc2c(C)nn(C)c21. The summed E-state index contributed by atoms with van der Waals surface area (Å²) in [6.45, 7) is 4.91. The average Bonchev–Trinajstić information content (AvgIpc) is 2.87. The first kappa shape index (κ1) is 12.7. The van der Waals surface area contributed by atoms with Gasteiger partial charge in [-0.1, -0.05) is 24.3 Å². The zero-order chi connectivity index (χ0) is 14.3. The van der Waals surface area contributed by atoms with Crippen LogP contribution in [-0.2, 0) is 20.0 Å². The van der Waals surface area contributed by atoms with Gasteiger partial charge in [-0.05, 0) is 31.4 Å². The highest BCUT2D eigenvalue weighted by molar-refractivity contribution is 5.77. The second-order valence-electron chi connectivity index (χ2n) is 5.18. The number of anilines is 1. The van der Waals surface area contributed by atoms with Gasteiger partial charge in [-0.25, -0.2) is 4.98 Å². The molecule has 1 aromatic carbocycles. The predicted octanol–water partition coefficient (Wildman–Crippen LogP) is 2.21. The van der Waals surface area contributed by atoms with Crippen LogP contribution in [0.5, 0.6) is 0 Å². The predicted molar refractivity (Wildman–Crippen MR) is 80.5 cm³/mol. The molecule has 20 heavy (non-hydrogen) atoms. The fourth-order valence-corrected chi connectivity index (χ4v) is 2.69. The van der Waals surface area contributed by atoms with E-state index < -0.39 is 0 Å². The molecule has 104 valence electrons. The summed E-state index contributed by atoms with van der Waals surface area (Å²) < 4.78 is 3.90. The van der Waals surface area contributed by atoms with Gasteiger partial charge in [-0.15, -0.1) is 0 Å². The van der Waals surface area contributed by atoms with Crippen LogP contribution < -0.4 is 5.73 Å². The highest BCUT2D eigenvalue weighted by Gasteiger charge is 2.15. The number of rotatable bonds is 3. The van der Waals surface area contributed by atoms with Crippen molar-refractivity contribution in [1.29, 1.82) is 0 Å². The van der Waals surface area contributed by atoms with Crippen molar-refractivity contribution in [3.05, 3.63) is 41.1 Å². The largest absolute Gasteiger partial charge is 0.369 e. The molecule has 0 saturated heterocycles. The van der Waals surface area contributed by atoms with E-state index in [1.54, 1.807) is 0 Å². The van der Waals surface area contributed by atoms with Crippen molar-refractivity contribution in [2.75, 3.05) is 5.73 Å². The van der Waals surface area contributed by atoms with Gasteiger partial charge >= 0.3 is 0 Å². The number of nitrogens with two attached hydrogens (primary N) is 1. The van der Waals surface area contributed by atoms with Gasteiger partial charge in [0.05, 0.1) is 5.69 Å². The minimum Gasteiger partial charge on any atom is -0.369 e. The monoisotopic (exact) mass is 269 g/mol. The molecular formula is C15H19N5. The van der Waals surface area contributed by atoms with Crippen molar-refractivity contribution >= 4 is 17.1 Å². The van der Waals surface area contributed by atoms with E-state index in [-0.39, 0.29) is 0 Å². The fraction of sp³-hybridized carbons (Fsp3) is 0.333. The number of aryl methyl sites for hydroxylation is 5. The van der Waals surface area contributed by atoms with Gasteiger partial charge in [-0.2, -0.15) is 5.10 Å². The summed E-state index contributed by atoms with van der Waals surface area (Å²) in [5.74, 6) is 0.560. The second kappa shape index (κ2) is 4.67. The Morgan fingerprint density at radius 3 is 2.70 bits per heavy atom. The smallest absolute Gasteiger partial charge is 0.202 e. The maximum atomic E-state index is 6.05. The number of nitrogen functional groups attached to an aromatic ring is 1. The van der Waals surface area contributed by atoms with Crippen LogP contribution in [0.25, 0.3) is 11.2 Å². The third-order valence-corrected chi connectivity index (χ3v) is 3.79. The van der Waals surface area contributed by atoms with E-state index in [4.69, 9.17) is 5.73 Å². The van der Waals surface area contributed by atoms with Crippen molar-refractivity contribution in [1.82, 2.24) is 19.3 Å². The third kappa shape index (κ3) is 1.95. The minimum absolute atomic E-state index is 0.560. The van der Waals surface area contributed by atoms with Gasteiger partial charge in [0.25, 0.3) is 0 Å². The molecule has 0 bridgehead atoms. The maximum absolute atomic E-state index is 6.05. The second-order valence-corrected chi connectivity index (χ2v) is 5.18. The lowest BCUT2D eigenvalue weighted by Gasteiger charge is -2.09. The van der Waals surface area contributed by atoms with Gasteiger partial charge in [0.15, 0.2) is 5.65 Å². The average molecular weight is 269 g/mol. The lowest BCUT2D eigenvalue weighted by Crippen LogP contribution is -2.09. The Bertz CT molecular complexity index is 766. The Hall–Kier alpha value is -2.30. The zero-order valence-corrected chi connectivity index (χ0v) is 12.1. The topological polar surface area (TPSA) is 61.7 Å². The summed E-state index contributed by atoms with van der Waals surface area (Å²) in [5, 5.41) is 4.40. The maximum Gasteiger partial charge on any atom is 0.202 e. The van der Waals surface area contributed by atoms with Crippen LogP contribution in [0.2, 0.25) is 0 Å². The molecule has 0 aliphatic heterocycles. The molecule has 0 saturated carbocycles. The first-order chi connectivity index (χ1) is 9.58. The number of hydrogen-bond acceptors (Lipinski definition) is 3. The first-order valence-corrected chi connectivity index (χ1v) is 6.77. The van der Waals surface area contributed by atoms with Gasteiger partial charge in [-0.3, -0.25) is 9.25 Å². The molecule has 0 atom stereocenters. The lowest BCUT2D eigenvalue weighted by atomic mass is 10.1. The van der Waals surface area contributed by atoms with Crippen molar-refractivity contribution in [2.24, 2.45) is 7.05 Å². The van der Waals surface area contributed by atoms with Crippen LogP contribution in [0.15, 0.2) is 24.3 Å². The van der Waals surface area contributed by atoms with Gasteiger partial charge in [0.1, 0.15) is 5.52 Å². The van der Waals surface area contributed by atoms with Crippen molar-refractivity contribution < 1.29 is 0 Å². The van der Waals surface area contributed by atoms with Crippen LogP contribution in [0.3, 0.4) is 0 Å². The first-order valence-electron chi connectivity index (χ1n) is 6.77. The van der Waals surface area contributed by atoms with E-state index in [1.807, 2.05) is 23.2 Å². The number of fused-ring (bicyclic) bond motifs is 1. The molecule has 0 spiro atoms. The number of nitrogens with zero attached hydrogens (tertiary/aromatic N) is 4. The summed E-state index contributed by atoms with van der Waals surface area (Å²) in [7, 11) is 1.93. The van der Waals surface area contributed by atoms with E-state index in [1.165, 1.54) is 11.1 Å². The van der Waals surface area contributed by atoms with E-state index in [0.717, 1.165) is 29.8 Å². The molecule has 0 aliphatic rings. The molecule has 2 aromatic heterocycles. The van der Waals surface area contributed by atoms with E-state index >= 15 is 0 Å². The van der Waals surface area contributed by atoms with Crippen LogP contribution in [0.1, 0.15) is 16.8 Å². The summed E-state index contributed by atoms with van der Waals surface area (Å²) in [4.78, 5) is 4.43. The number of hydrogen-bond donors (Lipinski definition) is 1. The molecule has 0 amide bonds. The lowest BCUT2D eigenvalue weighted by molar-refractivity contribution is 0.678. The Morgan fingerprint density at radius 1 is 1.20 bits per heavy atom. The minimum atomic E-state index is 0.560. The number of imidazole rings is 1. The van der Waals surface area contributed by atoms with Gasteiger partial charge in [0.2, 0.25) is 5.95 Å². The highest BCUT2D eigenvalue weighted by Crippen LogP contribution is 2.21. The molecule has 3 rings (SSSR count). The Labute approximate surface area is 118 Å². The normalized spacial score (nSPS) is 11.3. The molecule has 0 radical (unpaired) electrons. The quantitative estimate of drug-likeness (QED) is 0.793. The van der Waals surface area contributed by atoms with Crippen LogP contribution in [0.4, 0.5) is 5.95 Å². The van der Waals surface area contributed by atoms with Crippen LogP contribution >= 0.6 is 0 Å². The summed E-state index contributed by atoms with van der Waals surface area (Å²) >= 11 is 0. The molecule has 0 unspecified atom stereocenters. The molecule has 5 heteroatoms. The fourth-order valence-electron chi connectivity index (χ4n) is 2.69. The summed E-state index contributed by atoms with van der Waals surface area (Å²) in [6, 6.07) is 8.43. The molecule has 2 heterocycles. The summed E-state index contributed by atoms with van der Waals surface area (Å²) in [6.07, 6.45) is 0.937. The molecule has 5 nitrogen and oxygen atoms in total. The summed E-state index contributed by atoms with van der Waals surface area (Å²) in [5.41, 5.74) is 11.5. The van der Waals surface area contributed by atoms with Gasteiger partial charge in [0, 0.05) is 13.6 Å². The van der Waals surface area contributed by atoms with Crippen LogP contribution in [0, 0.1) is 13.8 Å². The molecule has 2 N–H and O–H groups in total. The Balaban J connectivity index is 1.95. The van der Waals surface area contributed by atoms with Gasteiger partial charge < -0.3 is 5.73 Å². The molecule has 3 aromatic rings. The van der Waals surface area contributed by atoms with Crippen molar-refractivity contribution in [3.63, 3.8) is 0 Å². The van der Waals surface area contributed by atoms with Crippen molar-refractivity contribution in [3.8, 4) is 0 Å². The highest BCUT2D eigenvalue weighted by atomic mass is 15.3. The number of aromatic nitrogens is 4. The zero-order valence-electron chi connectivity index (χ0n) is 12.1. The molecule has 0 aliphatic carbocycles. The van der Waals surface area contributed by atoms with E-state index in [0.29, 0.717) is 5.95 Å². The Morgan fingerprint density at radius 2 is 1.95 bits per heavy atom. The Kier molecular flexibility index (Phi) is 2.97. The van der Waals surface area contributed by atoms with Crippen LogP contribution in [-0.4, -0.2) is 19.3 Å². The van der Waals surface area contributed by atoms with Crippen molar-refractivity contribution in [2.45, 2.75) is 26.8 Å². The standard InChI is InChI=1S/C15H19N5/c1-10-6-4-5-7-12(10)8-9-20-14-13(17-15(20)16)11(2)18-19(14)3/h4-7H,8-9H2,1-3H3,(H2,16,17). The third-order valence-electron chi connectivity index (χ3n) is 3.79. The van der Waals surface area contributed by atoms with E-state index in [9.17, 15) is 0 Å². The number of benzene rings is 1. The molecular weight excluding hydrogens is 250 g/mol.